The first-order valence-corrected chi connectivity index (χ1v) is 9.08. The summed E-state index contributed by atoms with van der Waals surface area (Å²) in [6.07, 6.45) is 1.56. The number of aryl methyl sites for hydroxylation is 1. The minimum atomic E-state index is -0.152. The molecule has 7 heteroatoms. The van der Waals surface area contributed by atoms with Crippen LogP contribution in [0, 0.1) is 0 Å². The zero-order valence-corrected chi connectivity index (χ0v) is 16.7. The lowest BCUT2D eigenvalue weighted by atomic mass is 9.96. The van der Waals surface area contributed by atoms with E-state index in [0.29, 0.717) is 37.5 Å². The van der Waals surface area contributed by atoms with Crippen LogP contribution >= 0.6 is 0 Å². The first-order chi connectivity index (χ1) is 12.6. The first-order valence-electron chi connectivity index (χ1n) is 9.08. The summed E-state index contributed by atoms with van der Waals surface area (Å²) in [4.78, 5) is 29.5. The minimum absolute atomic E-state index is 0.0000760. The van der Waals surface area contributed by atoms with Gasteiger partial charge in [0.15, 0.2) is 5.82 Å². The summed E-state index contributed by atoms with van der Waals surface area (Å²) in [6.45, 7) is 8.11. The number of carbonyl (C=O) groups is 2. The standard InChI is InChI=1S/C20H28N4O3/c1-14(25)24(5)13-15-8-6-9-16(12-15)21-17(26)10-7-11-18-22-19(23-27-18)20(2,3)4/h6,8-9,12H,7,10-11,13H2,1-5H3,(H,21,26). The quantitative estimate of drug-likeness (QED) is 0.805. The molecule has 2 amide bonds. The van der Waals surface area contributed by atoms with Crippen molar-refractivity contribution >= 4 is 17.5 Å². The molecule has 2 aromatic rings. The second-order valence-electron chi connectivity index (χ2n) is 7.74. The smallest absolute Gasteiger partial charge is 0.226 e. The molecule has 0 saturated carbocycles. The topological polar surface area (TPSA) is 88.3 Å². The van der Waals surface area contributed by atoms with Crippen LogP contribution in [0.2, 0.25) is 0 Å². The van der Waals surface area contributed by atoms with Crippen molar-refractivity contribution in [3.63, 3.8) is 0 Å². The fourth-order valence-corrected chi connectivity index (χ4v) is 2.42. The molecule has 0 bridgehead atoms. The van der Waals surface area contributed by atoms with Crippen LogP contribution in [0.4, 0.5) is 5.69 Å². The summed E-state index contributed by atoms with van der Waals surface area (Å²) in [5.41, 5.74) is 1.54. The van der Waals surface area contributed by atoms with Gasteiger partial charge in [-0.25, -0.2) is 0 Å². The molecule has 0 fully saturated rings. The van der Waals surface area contributed by atoms with Gasteiger partial charge in [0.25, 0.3) is 0 Å². The SMILES string of the molecule is CC(=O)N(C)Cc1cccc(NC(=O)CCCc2nc(C(C)(C)C)no2)c1. The van der Waals surface area contributed by atoms with E-state index < -0.39 is 0 Å². The van der Waals surface area contributed by atoms with Crippen LogP contribution in [0.25, 0.3) is 0 Å². The molecular weight excluding hydrogens is 344 g/mol. The van der Waals surface area contributed by atoms with E-state index in [2.05, 4.69) is 15.5 Å². The lowest BCUT2D eigenvalue weighted by molar-refractivity contribution is -0.128. The van der Waals surface area contributed by atoms with Gasteiger partial charge in [-0.3, -0.25) is 9.59 Å². The largest absolute Gasteiger partial charge is 0.342 e. The molecule has 146 valence electrons. The van der Waals surface area contributed by atoms with Crippen LogP contribution in [0.1, 0.15) is 57.8 Å². The zero-order valence-electron chi connectivity index (χ0n) is 16.7. The number of amides is 2. The highest BCUT2D eigenvalue weighted by molar-refractivity contribution is 5.90. The molecule has 0 aliphatic carbocycles. The third-order valence-corrected chi connectivity index (χ3v) is 4.10. The third-order valence-electron chi connectivity index (χ3n) is 4.10. The highest BCUT2D eigenvalue weighted by Gasteiger charge is 2.20. The van der Waals surface area contributed by atoms with Crippen LogP contribution in [0.3, 0.4) is 0 Å². The molecule has 0 aliphatic heterocycles. The molecule has 0 saturated heterocycles. The van der Waals surface area contributed by atoms with Crippen molar-refractivity contribution in [3.8, 4) is 0 Å². The normalized spacial score (nSPS) is 11.3. The van der Waals surface area contributed by atoms with E-state index in [1.807, 2.05) is 45.0 Å². The Bertz CT molecular complexity index is 793. The lowest BCUT2D eigenvalue weighted by Crippen LogP contribution is -2.23. The number of benzene rings is 1. The van der Waals surface area contributed by atoms with Gasteiger partial charge in [0.1, 0.15) is 0 Å². The molecule has 1 aromatic carbocycles. The molecule has 1 aromatic heterocycles. The van der Waals surface area contributed by atoms with Crippen molar-refractivity contribution in [2.45, 2.75) is 58.9 Å². The summed E-state index contributed by atoms with van der Waals surface area (Å²) in [5.74, 6) is 1.17. The van der Waals surface area contributed by atoms with E-state index in [1.54, 1.807) is 11.9 Å². The highest BCUT2D eigenvalue weighted by atomic mass is 16.5. The predicted molar refractivity (Wildman–Crippen MR) is 103 cm³/mol. The molecule has 0 radical (unpaired) electrons. The van der Waals surface area contributed by atoms with Gasteiger partial charge in [0.05, 0.1) is 0 Å². The summed E-state index contributed by atoms with van der Waals surface area (Å²) < 4.78 is 5.24. The Morgan fingerprint density at radius 3 is 2.63 bits per heavy atom. The Balaban J connectivity index is 1.82. The van der Waals surface area contributed by atoms with Crippen molar-refractivity contribution < 1.29 is 14.1 Å². The lowest BCUT2D eigenvalue weighted by Gasteiger charge is -2.15. The number of hydrogen-bond donors (Lipinski definition) is 1. The molecule has 1 N–H and O–H groups in total. The van der Waals surface area contributed by atoms with Gasteiger partial charge in [-0.2, -0.15) is 4.98 Å². The summed E-state index contributed by atoms with van der Waals surface area (Å²) >= 11 is 0. The number of nitrogens with zero attached hydrogens (tertiary/aromatic N) is 3. The van der Waals surface area contributed by atoms with E-state index in [4.69, 9.17) is 4.52 Å². The fourth-order valence-electron chi connectivity index (χ4n) is 2.42. The predicted octanol–water partition coefficient (Wildman–Crippen LogP) is 3.31. The number of carbonyl (C=O) groups excluding carboxylic acids is 2. The van der Waals surface area contributed by atoms with E-state index in [-0.39, 0.29) is 17.2 Å². The molecule has 0 spiro atoms. The van der Waals surface area contributed by atoms with Gasteiger partial charge >= 0.3 is 0 Å². The van der Waals surface area contributed by atoms with Crippen LogP contribution < -0.4 is 5.32 Å². The summed E-state index contributed by atoms with van der Waals surface area (Å²) in [5, 5.41) is 6.88. The summed E-state index contributed by atoms with van der Waals surface area (Å²) in [6, 6.07) is 7.51. The Kier molecular flexibility index (Phi) is 6.71. The number of rotatable bonds is 7. The molecule has 1 heterocycles. The van der Waals surface area contributed by atoms with Crippen molar-refractivity contribution in [1.82, 2.24) is 15.0 Å². The maximum absolute atomic E-state index is 12.2. The monoisotopic (exact) mass is 372 g/mol. The average molecular weight is 372 g/mol. The molecule has 7 nitrogen and oxygen atoms in total. The van der Waals surface area contributed by atoms with Crippen molar-refractivity contribution in [2.24, 2.45) is 0 Å². The second-order valence-corrected chi connectivity index (χ2v) is 7.74. The Morgan fingerprint density at radius 2 is 2.00 bits per heavy atom. The highest BCUT2D eigenvalue weighted by Crippen LogP contribution is 2.19. The van der Waals surface area contributed by atoms with Crippen molar-refractivity contribution in [3.05, 3.63) is 41.5 Å². The zero-order chi connectivity index (χ0) is 20.0. The van der Waals surface area contributed by atoms with Crippen LogP contribution in [0.15, 0.2) is 28.8 Å². The number of nitrogens with one attached hydrogen (secondary N) is 1. The van der Waals surface area contributed by atoms with Crippen molar-refractivity contribution in [1.29, 1.82) is 0 Å². The van der Waals surface area contributed by atoms with Gasteiger partial charge in [-0.1, -0.05) is 38.1 Å². The van der Waals surface area contributed by atoms with E-state index in [9.17, 15) is 9.59 Å². The molecule has 0 unspecified atom stereocenters. The molecule has 0 aliphatic rings. The van der Waals surface area contributed by atoms with Crippen LogP contribution in [0.5, 0.6) is 0 Å². The average Bonchev–Trinajstić information content (AvgIpc) is 3.04. The van der Waals surface area contributed by atoms with E-state index in [1.165, 1.54) is 6.92 Å². The number of hydrogen-bond acceptors (Lipinski definition) is 5. The van der Waals surface area contributed by atoms with Gasteiger partial charge in [0, 0.05) is 44.5 Å². The van der Waals surface area contributed by atoms with E-state index >= 15 is 0 Å². The van der Waals surface area contributed by atoms with Gasteiger partial charge in [-0.15, -0.1) is 0 Å². The van der Waals surface area contributed by atoms with Gasteiger partial charge in [-0.05, 0) is 24.1 Å². The van der Waals surface area contributed by atoms with Crippen LogP contribution in [-0.4, -0.2) is 33.9 Å². The molecule has 27 heavy (non-hydrogen) atoms. The molecular formula is C20H28N4O3. The Labute approximate surface area is 160 Å². The Hall–Kier alpha value is -2.70. The Morgan fingerprint density at radius 1 is 1.26 bits per heavy atom. The van der Waals surface area contributed by atoms with Gasteiger partial charge in [0.2, 0.25) is 17.7 Å². The maximum atomic E-state index is 12.2. The van der Waals surface area contributed by atoms with Crippen LogP contribution in [-0.2, 0) is 28.0 Å². The van der Waals surface area contributed by atoms with Gasteiger partial charge < -0.3 is 14.7 Å². The maximum Gasteiger partial charge on any atom is 0.226 e. The first kappa shape index (κ1) is 20.6. The number of aromatic nitrogens is 2. The summed E-state index contributed by atoms with van der Waals surface area (Å²) in [7, 11) is 1.75. The van der Waals surface area contributed by atoms with E-state index in [0.717, 1.165) is 11.3 Å². The van der Waals surface area contributed by atoms with Crippen molar-refractivity contribution in [2.75, 3.05) is 12.4 Å². The minimum Gasteiger partial charge on any atom is -0.342 e. The molecule has 0 atom stereocenters. The number of anilines is 1. The molecule has 2 rings (SSSR count). The second kappa shape index (κ2) is 8.79. The third kappa shape index (κ3) is 6.51. The fraction of sp³-hybridized carbons (Fsp3) is 0.500.